The van der Waals surface area contributed by atoms with Gasteiger partial charge in [-0.3, -0.25) is 4.79 Å². The summed E-state index contributed by atoms with van der Waals surface area (Å²) in [7, 11) is 0. The van der Waals surface area contributed by atoms with Crippen molar-refractivity contribution in [3.8, 4) is 0 Å². The Hall–Kier alpha value is -0.280. The van der Waals surface area contributed by atoms with Gasteiger partial charge in [-0.15, -0.1) is 12.4 Å². The van der Waals surface area contributed by atoms with Crippen LogP contribution in [-0.4, -0.2) is 36.5 Å². The summed E-state index contributed by atoms with van der Waals surface area (Å²) in [6.45, 7) is 4.96. The smallest absolute Gasteiger partial charge is 0.226 e. The third kappa shape index (κ3) is 2.94. The molecular weight excluding hydrogens is 236 g/mol. The largest absolute Gasteiger partial charge is 0.340 e. The van der Waals surface area contributed by atoms with Crippen molar-refractivity contribution in [3.63, 3.8) is 0 Å². The van der Waals surface area contributed by atoms with Crippen LogP contribution in [-0.2, 0) is 4.79 Å². The SMILES string of the molecule is C[C@H]1CN(C(=O)C(C2CC2)C2CC2)CCN1.Cl. The van der Waals surface area contributed by atoms with E-state index in [0.717, 1.165) is 31.5 Å². The zero-order valence-electron chi connectivity index (χ0n) is 10.5. The molecule has 0 unspecified atom stereocenters. The van der Waals surface area contributed by atoms with Gasteiger partial charge in [-0.2, -0.15) is 0 Å². The maximum Gasteiger partial charge on any atom is 0.226 e. The Bertz CT molecular complexity index is 277. The van der Waals surface area contributed by atoms with E-state index in [2.05, 4.69) is 17.1 Å². The average molecular weight is 259 g/mol. The molecule has 1 heterocycles. The first-order chi connectivity index (χ1) is 7.75. The zero-order chi connectivity index (χ0) is 11.1. The van der Waals surface area contributed by atoms with Gasteiger partial charge in [0.15, 0.2) is 0 Å². The third-order valence-electron chi connectivity index (χ3n) is 4.23. The van der Waals surface area contributed by atoms with Gasteiger partial charge in [-0.25, -0.2) is 0 Å². The van der Waals surface area contributed by atoms with E-state index in [-0.39, 0.29) is 12.4 Å². The number of carbonyl (C=O) groups is 1. The van der Waals surface area contributed by atoms with Gasteiger partial charge in [0.25, 0.3) is 0 Å². The second kappa shape index (κ2) is 5.15. The van der Waals surface area contributed by atoms with Gasteiger partial charge in [0.1, 0.15) is 0 Å². The molecule has 1 amide bonds. The standard InChI is InChI=1S/C13H22N2O.ClH/c1-9-8-15(7-6-14-9)13(16)12(10-2-3-10)11-4-5-11;/h9-12,14H,2-8H2,1H3;1H/t9-;/m0./s1. The second-order valence-corrected chi connectivity index (χ2v) is 5.84. The lowest BCUT2D eigenvalue weighted by Crippen LogP contribution is -2.53. The minimum atomic E-state index is 0. The van der Waals surface area contributed by atoms with Crippen molar-refractivity contribution in [1.82, 2.24) is 10.2 Å². The molecule has 2 saturated carbocycles. The molecule has 0 aromatic carbocycles. The molecule has 0 radical (unpaired) electrons. The zero-order valence-corrected chi connectivity index (χ0v) is 11.3. The van der Waals surface area contributed by atoms with Crippen LogP contribution in [0.3, 0.4) is 0 Å². The first-order valence-corrected chi connectivity index (χ1v) is 6.78. The highest BCUT2D eigenvalue weighted by Gasteiger charge is 2.47. The van der Waals surface area contributed by atoms with Crippen LogP contribution in [0.15, 0.2) is 0 Å². The normalized spacial score (nSPS) is 29.1. The highest BCUT2D eigenvalue weighted by atomic mass is 35.5. The van der Waals surface area contributed by atoms with Crippen LogP contribution in [0.5, 0.6) is 0 Å². The molecule has 17 heavy (non-hydrogen) atoms. The number of carbonyl (C=O) groups excluding carboxylic acids is 1. The van der Waals surface area contributed by atoms with Gasteiger partial charge in [0.05, 0.1) is 0 Å². The van der Waals surface area contributed by atoms with Crippen LogP contribution in [0.4, 0.5) is 0 Å². The summed E-state index contributed by atoms with van der Waals surface area (Å²) in [6, 6.07) is 0.469. The molecular formula is C13H23ClN2O. The van der Waals surface area contributed by atoms with Crippen molar-refractivity contribution in [3.05, 3.63) is 0 Å². The monoisotopic (exact) mass is 258 g/mol. The second-order valence-electron chi connectivity index (χ2n) is 5.84. The van der Waals surface area contributed by atoms with Gasteiger partial charge >= 0.3 is 0 Å². The molecule has 0 aromatic heterocycles. The summed E-state index contributed by atoms with van der Waals surface area (Å²) in [5, 5.41) is 3.40. The van der Waals surface area contributed by atoms with Crippen molar-refractivity contribution < 1.29 is 4.79 Å². The summed E-state index contributed by atoms with van der Waals surface area (Å²) < 4.78 is 0. The number of rotatable bonds is 3. The number of nitrogens with one attached hydrogen (secondary N) is 1. The predicted molar refractivity (Wildman–Crippen MR) is 70.2 cm³/mol. The van der Waals surface area contributed by atoms with Crippen LogP contribution in [0.1, 0.15) is 32.6 Å². The fourth-order valence-corrected chi connectivity index (χ4v) is 3.04. The van der Waals surface area contributed by atoms with Crippen LogP contribution >= 0.6 is 12.4 Å². The van der Waals surface area contributed by atoms with E-state index in [1.54, 1.807) is 0 Å². The maximum atomic E-state index is 12.5. The number of nitrogens with zero attached hydrogens (tertiary/aromatic N) is 1. The van der Waals surface area contributed by atoms with E-state index in [4.69, 9.17) is 0 Å². The molecule has 98 valence electrons. The highest BCUT2D eigenvalue weighted by molar-refractivity contribution is 5.85. The van der Waals surface area contributed by atoms with Gasteiger partial charge in [-0.05, 0) is 44.4 Å². The fraction of sp³-hybridized carbons (Fsp3) is 0.923. The molecule has 3 fully saturated rings. The third-order valence-corrected chi connectivity index (χ3v) is 4.23. The topological polar surface area (TPSA) is 32.3 Å². The van der Waals surface area contributed by atoms with Crippen molar-refractivity contribution in [2.24, 2.45) is 17.8 Å². The molecule has 0 bridgehead atoms. The van der Waals surface area contributed by atoms with Gasteiger partial charge < -0.3 is 10.2 Å². The Balaban J connectivity index is 0.00000108. The highest BCUT2D eigenvalue weighted by Crippen LogP contribution is 2.49. The Labute approximate surface area is 110 Å². The van der Waals surface area contributed by atoms with E-state index in [1.807, 2.05) is 0 Å². The number of piperazine rings is 1. The summed E-state index contributed by atoms with van der Waals surface area (Å²) in [6.07, 6.45) is 5.20. The molecule has 1 N–H and O–H groups in total. The van der Waals surface area contributed by atoms with Crippen LogP contribution < -0.4 is 5.32 Å². The maximum absolute atomic E-state index is 12.5. The lowest BCUT2D eigenvalue weighted by Gasteiger charge is -2.34. The van der Waals surface area contributed by atoms with E-state index in [9.17, 15) is 4.79 Å². The molecule has 1 aliphatic heterocycles. The minimum Gasteiger partial charge on any atom is -0.340 e. The molecule has 3 rings (SSSR count). The van der Waals surface area contributed by atoms with E-state index in [0.29, 0.717) is 17.9 Å². The molecule has 1 atom stereocenters. The average Bonchev–Trinajstić information content (AvgIpc) is 3.12. The number of hydrogen-bond acceptors (Lipinski definition) is 2. The van der Waals surface area contributed by atoms with E-state index < -0.39 is 0 Å². The predicted octanol–water partition coefficient (Wildman–Crippen LogP) is 1.66. The minimum absolute atomic E-state index is 0. The lowest BCUT2D eigenvalue weighted by molar-refractivity contribution is -0.138. The van der Waals surface area contributed by atoms with Crippen molar-refractivity contribution in [1.29, 1.82) is 0 Å². The molecule has 2 aliphatic carbocycles. The van der Waals surface area contributed by atoms with Crippen LogP contribution in [0.25, 0.3) is 0 Å². The molecule has 3 nitrogen and oxygen atoms in total. The fourth-order valence-electron chi connectivity index (χ4n) is 3.04. The summed E-state index contributed by atoms with van der Waals surface area (Å²) in [5.74, 6) is 2.35. The molecule has 4 heteroatoms. The Morgan fingerprint density at radius 2 is 1.82 bits per heavy atom. The van der Waals surface area contributed by atoms with E-state index in [1.165, 1.54) is 25.7 Å². The number of amides is 1. The quantitative estimate of drug-likeness (QED) is 0.835. The van der Waals surface area contributed by atoms with Gasteiger partial charge in [0.2, 0.25) is 5.91 Å². The number of halogens is 1. The summed E-state index contributed by atoms with van der Waals surface area (Å²) in [4.78, 5) is 14.6. The summed E-state index contributed by atoms with van der Waals surface area (Å²) in [5.41, 5.74) is 0. The molecule has 0 spiro atoms. The lowest BCUT2D eigenvalue weighted by atomic mass is 9.95. The van der Waals surface area contributed by atoms with Crippen molar-refractivity contribution >= 4 is 18.3 Å². The van der Waals surface area contributed by atoms with Gasteiger partial charge in [-0.1, -0.05) is 0 Å². The molecule has 0 aromatic rings. The van der Waals surface area contributed by atoms with E-state index >= 15 is 0 Å². The van der Waals surface area contributed by atoms with Crippen molar-refractivity contribution in [2.45, 2.75) is 38.6 Å². The van der Waals surface area contributed by atoms with Gasteiger partial charge in [0, 0.05) is 31.6 Å². The number of hydrogen-bond donors (Lipinski definition) is 1. The molecule has 1 saturated heterocycles. The Morgan fingerprint density at radius 1 is 1.24 bits per heavy atom. The summed E-state index contributed by atoms with van der Waals surface area (Å²) >= 11 is 0. The molecule has 3 aliphatic rings. The van der Waals surface area contributed by atoms with Crippen LogP contribution in [0.2, 0.25) is 0 Å². The first kappa shape index (κ1) is 13.2. The van der Waals surface area contributed by atoms with Crippen molar-refractivity contribution in [2.75, 3.05) is 19.6 Å². The Morgan fingerprint density at radius 3 is 2.29 bits per heavy atom. The van der Waals surface area contributed by atoms with Crippen LogP contribution in [0, 0.1) is 17.8 Å². The first-order valence-electron chi connectivity index (χ1n) is 6.78. The Kier molecular flexibility index (Phi) is 3.99.